The predicted octanol–water partition coefficient (Wildman–Crippen LogP) is 5.97. The number of hydrogen-bond acceptors (Lipinski definition) is 2. The molecule has 2 fully saturated rings. The van der Waals surface area contributed by atoms with Crippen LogP contribution in [0.4, 0.5) is 11.4 Å². The SMILES string of the molecule is c1cc(N2CCCCC2)c2cc3c(N4CCCCC4)cccc3cc2c1. The molecule has 3 aromatic rings. The molecule has 26 heavy (non-hydrogen) atoms. The average Bonchev–Trinajstić information content (AvgIpc) is 2.72. The molecule has 3 aromatic carbocycles. The third-order valence-electron chi connectivity index (χ3n) is 6.23. The van der Waals surface area contributed by atoms with Crippen molar-refractivity contribution in [1.82, 2.24) is 0 Å². The standard InChI is InChI=1S/C24H28N2/c1-3-13-25(14-4-1)23-11-7-9-19-17-20-10-8-12-24(22(20)18-21(19)23)26-15-5-2-6-16-26/h7-12,17-18H,1-6,13-16H2. The van der Waals surface area contributed by atoms with Gasteiger partial charge in [0.15, 0.2) is 0 Å². The number of benzene rings is 3. The van der Waals surface area contributed by atoms with Gasteiger partial charge in [0.05, 0.1) is 0 Å². The van der Waals surface area contributed by atoms with Crippen LogP contribution >= 0.6 is 0 Å². The lowest BCUT2D eigenvalue weighted by molar-refractivity contribution is 0.579. The summed E-state index contributed by atoms with van der Waals surface area (Å²) in [4.78, 5) is 5.20. The van der Waals surface area contributed by atoms with Crippen molar-refractivity contribution < 1.29 is 0 Å². The molecule has 0 radical (unpaired) electrons. The first-order chi connectivity index (χ1) is 12.9. The minimum Gasteiger partial charge on any atom is -0.371 e. The molecular weight excluding hydrogens is 316 g/mol. The predicted molar refractivity (Wildman–Crippen MR) is 114 cm³/mol. The van der Waals surface area contributed by atoms with E-state index in [0.29, 0.717) is 0 Å². The van der Waals surface area contributed by atoms with E-state index in [4.69, 9.17) is 0 Å². The molecule has 0 unspecified atom stereocenters. The van der Waals surface area contributed by atoms with Crippen LogP contribution in [-0.2, 0) is 0 Å². The van der Waals surface area contributed by atoms with Crippen molar-refractivity contribution in [2.75, 3.05) is 36.0 Å². The van der Waals surface area contributed by atoms with Crippen molar-refractivity contribution >= 4 is 32.9 Å². The lowest BCUT2D eigenvalue weighted by Crippen LogP contribution is -2.29. The molecule has 2 heterocycles. The Hall–Kier alpha value is -2.22. The van der Waals surface area contributed by atoms with Gasteiger partial charge in [0, 0.05) is 48.3 Å². The molecule has 0 aromatic heterocycles. The van der Waals surface area contributed by atoms with E-state index in [9.17, 15) is 0 Å². The first-order valence-corrected chi connectivity index (χ1v) is 10.4. The van der Waals surface area contributed by atoms with Crippen LogP contribution < -0.4 is 9.80 Å². The highest BCUT2D eigenvalue weighted by Crippen LogP contribution is 2.36. The summed E-state index contributed by atoms with van der Waals surface area (Å²) in [7, 11) is 0. The molecule has 0 aliphatic carbocycles. The third-order valence-corrected chi connectivity index (χ3v) is 6.23. The zero-order chi connectivity index (χ0) is 17.3. The van der Waals surface area contributed by atoms with Gasteiger partial charge in [-0.3, -0.25) is 0 Å². The highest BCUT2D eigenvalue weighted by molar-refractivity contribution is 6.07. The van der Waals surface area contributed by atoms with Crippen molar-refractivity contribution in [1.29, 1.82) is 0 Å². The van der Waals surface area contributed by atoms with Crippen LogP contribution in [0.5, 0.6) is 0 Å². The zero-order valence-electron chi connectivity index (χ0n) is 15.6. The summed E-state index contributed by atoms with van der Waals surface area (Å²) in [6, 6.07) is 18.5. The van der Waals surface area contributed by atoms with Gasteiger partial charge in [-0.25, -0.2) is 0 Å². The van der Waals surface area contributed by atoms with E-state index in [1.54, 1.807) is 0 Å². The fraction of sp³-hybridized carbons (Fsp3) is 0.417. The van der Waals surface area contributed by atoms with Crippen LogP contribution in [0.3, 0.4) is 0 Å². The van der Waals surface area contributed by atoms with Crippen LogP contribution in [0.25, 0.3) is 21.5 Å². The molecule has 2 heteroatoms. The van der Waals surface area contributed by atoms with Gasteiger partial charge in [0.25, 0.3) is 0 Å². The molecule has 0 spiro atoms. The van der Waals surface area contributed by atoms with Crippen LogP contribution in [0.1, 0.15) is 38.5 Å². The minimum atomic E-state index is 1.20. The molecule has 5 rings (SSSR count). The summed E-state index contributed by atoms with van der Waals surface area (Å²) >= 11 is 0. The number of nitrogens with zero attached hydrogens (tertiary/aromatic N) is 2. The number of rotatable bonds is 2. The Labute approximate surface area is 156 Å². The van der Waals surface area contributed by atoms with Gasteiger partial charge in [0.1, 0.15) is 0 Å². The van der Waals surface area contributed by atoms with Gasteiger partial charge in [-0.1, -0.05) is 24.3 Å². The molecule has 0 atom stereocenters. The molecule has 2 nitrogen and oxygen atoms in total. The largest absolute Gasteiger partial charge is 0.371 e. The van der Waals surface area contributed by atoms with E-state index < -0.39 is 0 Å². The van der Waals surface area contributed by atoms with Gasteiger partial charge in [0.2, 0.25) is 0 Å². The van der Waals surface area contributed by atoms with Gasteiger partial charge in [-0.15, -0.1) is 0 Å². The Bertz CT molecular complexity index is 845. The summed E-state index contributed by atoms with van der Waals surface area (Å²) in [5, 5.41) is 5.59. The highest BCUT2D eigenvalue weighted by atomic mass is 15.1. The van der Waals surface area contributed by atoms with E-state index in [1.807, 2.05) is 0 Å². The summed E-state index contributed by atoms with van der Waals surface area (Å²) in [5.41, 5.74) is 2.86. The Morgan fingerprint density at radius 2 is 0.962 bits per heavy atom. The van der Waals surface area contributed by atoms with Gasteiger partial charge in [-0.2, -0.15) is 0 Å². The van der Waals surface area contributed by atoms with E-state index in [2.05, 4.69) is 58.3 Å². The molecule has 134 valence electrons. The van der Waals surface area contributed by atoms with Crippen molar-refractivity contribution in [3.8, 4) is 0 Å². The van der Waals surface area contributed by atoms with E-state index >= 15 is 0 Å². The summed E-state index contributed by atoms with van der Waals surface area (Å²) < 4.78 is 0. The Morgan fingerprint density at radius 3 is 1.42 bits per heavy atom. The second-order valence-corrected chi connectivity index (χ2v) is 7.94. The van der Waals surface area contributed by atoms with Crippen molar-refractivity contribution in [2.45, 2.75) is 38.5 Å². The molecule has 0 bridgehead atoms. The second-order valence-electron chi connectivity index (χ2n) is 7.94. The zero-order valence-corrected chi connectivity index (χ0v) is 15.6. The highest BCUT2D eigenvalue weighted by Gasteiger charge is 2.17. The molecule has 0 N–H and O–H groups in total. The average molecular weight is 345 g/mol. The monoisotopic (exact) mass is 344 g/mol. The van der Waals surface area contributed by atoms with Crippen LogP contribution in [-0.4, -0.2) is 26.2 Å². The quantitative estimate of drug-likeness (QED) is 0.528. The number of hydrogen-bond donors (Lipinski definition) is 0. The topological polar surface area (TPSA) is 6.48 Å². The van der Waals surface area contributed by atoms with Crippen molar-refractivity contribution in [3.05, 3.63) is 48.5 Å². The summed E-state index contributed by atoms with van der Waals surface area (Å²) in [5.74, 6) is 0. The Kier molecular flexibility index (Phi) is 4.20. The number of anilines is 2. The third kappa shape index (κ3) is 2.82. The van der Waals surface area contributed by atoms with Crippen LogP contribution in [0.15, 0.2) is 48.5 Å². The number of fused-ring (bicyclic) bond motifs is 2. The first-order valence-electron chi connectivity index (χ1n) is 10.4. The second kappa shape index (κ2) is 6.83. The van der Waals surface area contributed by atoms with Gasteiger partial charge in [-0.05, 0) is 73.6 Å². The Morgan fingerprint density at radius 1 is 0.500 bits per heavy atom. The molecule has 0 saturated carbocycles. The van der Waals surface area contributed by atoms with Gasteiger partial charge < -0.3 is 9.80 Å². The smallest absolute Gasteiger partial charge is 0.0446 e. The normalized spacial score (nSPS) is 18.6. The van der Waals surface area contributed by atoms with E-state index in [1.165, 1.54) is 97.6 Å². The molecule has 2 aliphatic rings. The van der Waals surface area contributed by atoms with Gasteiger partial charge >= 0.3 is 0 Å². The minimum absolute atomic E-state index is 1.20. The van der Waals surface area contributed by atoms with Crippen molar-refractivity contribution in [3.63, 3.8) is 0 Å². The molecule has 2 aliphatic heterocycles. The Balaban J connectivity index is 1.67. The fourth-order valence-electron chi connectivity index (χ4n) is 4.84. The first kappa shape index (κ1) is 16.0. The maximum atomic E-state index is 2.60. The summed E-state index contributed by atoms with van der Waals surface area (Å²) in [6.07, 6.45) is 8.05. The molecule has 0 amide bonds. The van der Waals surface area contributed by atoms with E-state index in [0.717, 1.165) is 0 Å². The van der Waals surface area contributed by atoms with Crippen molar-refractivity contribution in [2.24, 2.45) is 0 Å². The van der Waals surface area contributed by atoms with Crippen LogP contribution in [0, 0.1) is 0 Å². The molecule has 2 saturated heterocycles. The van der Waals surface area contributed by atoms with Crippen LogP contribution in [0.2, 0.25) is 0 Å². The fourth-order valence-corrected chi connectivity index (χ4v) is 4.84. The lowest BCUT2D eigenvalue weighted by Gasteiger charge is -2.31. The van der Waals surface area contributed by atoms with E-state index in [-0.39, 0.29) is 0 Å². The number of piperidine rings is 2. The maximum Gasteiger partial charge on any atom is 0.0446 e. The lowest BCUT2D eigenvalue weighted by atomic mass is 9.98. The molecular formula is C24H28N2. The maximum absolute atomic E-state index is 2.60. The summed E-state index contributed by atoms with van der Waals surface area (Å²) in [6.45, 7) is 4.80.